The molecule has 1 nitrogen and oxygen atoms in total. The molecule has 5 rings (SSSR count). The zero-order chi connectivity index (χ0) is 18.9. The topological polar surface area (TPSA) is 13.1 Å². The lowest BCUT2D eigenvalue weighted by atomic mass is 9.81. The summed E-state index contributed by atoms with van der Waals surface area (Å²) >= 11 is 0. The Hall–Kier alpha value is -2.80. The maximum absolute atomic E-state index is 6.69. The van der Waals surface area contributed by atoms with Crippen molar-refractivity contribution in [2.45, 2.75) is 40.0 Å². The van der Waals surface area contributed by atoms with Crippen LogP contribution in [0.5, 0.6) is 0 Å². The lowest BCUT2D eigenvalue weighted by Crippen LogP contribution is -2.13. The second kappa shape index (κ2) is 5.36. The summed E-state index contributed by atoms with van der Waals surface area (Å²) in [6.07, 6.45) is 0. The highest BCUT2D eigenvalue weighted by atomic mass is 16.3. The number of fused-ring (bicyclic) bond motifs is 8. The number of furan rings is 1. The summed E-state index contributed by atoms with van der Waals surface area (Å²) in [5, 5.41) is 7.53. The summed E-state index contributed by atoms with van der Waals surface area (Å²) in [7, 11) is 0. The standard InChI is InChI=1S/C26H24O/c1-15-14-16(2)23(26(3,4)5)25-21(15)22-19-12-8-6-10-17(19)18-11-7-9-13-20(18)24(22)27-25/h6-14H,1-5H3. The minimum absolute atomic E-state index is 0.0233. The van der Waals surface area contributed by atoms with E-state index in [0.29, 0.717) is 0 Å². The normalized spacial score (nSPS) is 12.6. The lowest BCUT2D eigenvalue weighted by Gasteiger charge is -2.22. The summed E-state index contributed by atoms with van der Waals surface area (Å²) in [5.74, 6) is 0. The Bertz CT molecular complexity index is 1360. The lowest BCUT2D eigenvalue weighted by molar-refractivity contribution is 0.569. The van der Waals surface area contributed by atoms with E-state index >= 15 is 0 Å². The largest absolute Gasteiger partial charge is 0.455 e. The van der Waals surface area contributed by atoms with Crippen LogP contribution in [0.25, 0.3) is 43.5 Å². The number of aryl methyl sites for hydroxylation is 2. The molecular weight excluding hydrogens is 328 g/mol. The van der Waals surface area contributed by atoms with E-state index in [0.717, 1.165) is 11.2 Å². The zero-order valence-electron chi connectivity index (χ0n) is 16.6. The zero-order valence-corrected chi connectivity index (χ0v) is 16.6. The maximum Gasteiger partial charge on any atom is 0.143 e. The molecule has 0 aliphatic rings. The second-order valence-corrected chi connectivity index (χ2v) is 8.74. The van der Waals surface area contributed by atoms with E-state index in [2.05, 4.69) is 89.2 Å². The first-order chi connectivity index (χ1) is 12.9. The van der Waals surface area contributed by atoms with Crippen LogP contribution in [0, 0.1) is 13.8 Å². The van der Waals surface area contributed by atoms with Crippen LogP contribution in [0.4, 0.5) is 0 Å². The van der Waals surface area contributed by atoms with Crippen molar-refractivity contribution in [3.63, 3.8) is 0 Å². The van der Waals surface area contributed by atoms with Gasteiger partial charge in [-0.1, -0.05) is 75.4 Å². The van der Waals surface area contributed by atoms with E-state index in [1.165, 1.54) is 49.0 Å². The molecule has 0 atom stereocenters. The third-order valence-corrected chi connectivity index (χ3v) is 5.77. The van der Waals surface area contributed by atoms with Crippen molar-refractivity contribution >= 4 is 43.5 Å². The third kappa shape index (κ3) is 2.18. The van der Waals surface area contributed by atoms with E-state index in [-0.39, 0.29) is 5.41 Å². The van der Waals surface area contributed by atoms with Gasteiger partial charge in [0.05, 0.1) is 0 Å². The molecule has 27 heavy (non-hydrogen) atoms. The molecule has 0 unspecified atom stereocenters. The highest BCUT2D eigenvalue weighted by Crippen LogP contribution is 2.45. The molecule has 1 heteroatoms. The Balaban J connectivity index is 2.18. The van der Waals surface area contributed by atoms with Gasteiger partial charge in [-0.15, -0.1) is 0 Å². The summed E-state index contributed by atoms with van der Waals surface area (Å²) in [6.45, 7) is 11.2. The summed E-state index contributed by atoms with van der Waals surface area (Å²) in [4.78, 5) is 0. The monoisotopic (exact) mass is 352 g/mol. The molecule has 5 aromatic rings. The highest BCUT2D eigenvalue weighted by molar-refractivity contribution is 6.30. The van der Waals surface area contributed by atoms with Gasteiger partial charge in [0.25, 0.3) is 0 Å². The van der Waals surface area contributed by atoms with Crippen LogP contribution in [0.3, 0.4) is 0 Å². The first-order valence-electron chi connectivity index (χ1n) is 9.64. The molecule has 0 saturated carbocycles. The SMILES string of the molecule is Cc1cc(C)c2c(oc3c4ccccc4c4ccccc4c32)c1C(C)(C)C. The molecule has 0 amide bonds. The van der Waals surface area contributed by atoms with E-state index in [1.54, 1.807) is 0 Å². The number of hydrogen-bond acceptors (Lipinski definition) is 1. The van der Waals surface area contributed by atoms with Gasteiger partial charge < -0.3 is 4.42 Å². The number of rotatable bonds is 0. The molecule has 0 fully saturated rings. The van der Waals surface area contributed by atoms with Crippen molar-refractivity contribution in [2.24, 2.45) is 0 Å². The van der Waals surface area contributed by atoms with E-state index in [9.17, 15) is 0 Å². The Labute approximate surface area is 159 Å². The van der Waals surface area contributed by atoms with Crippen LogP contribution >= 0.6 is 0 Å². The first-order valence-corrected chi connectivity index (χ1v) is 9.64. The van der Waals surface area contributed by atoms with Gasteiger partial charge in [0, 0.05) is 21.7 Å². The Kier molecular flexibility index (Phi) is 3.25. The summed E-state index contributed by atoms with van der Waals surface area (Å²) in [5.41, 5.74) is 5.99. The Morgan fingerprint density at radius 2 is 1.19 bits per heavy atom. The van der Waals surface area contributed by atoms with Gasteiger partial charge in [-0.25, -0.2) is 0 Å². The molecule has 0 spiro atoms. The molecule has 0 bridgehead atoms. The number of benzene rings is 4. The van der Waals surface area contributed by atoms with Crippen molar-refractivity contribution in [1.82, 2.24) is 0 Å². The van der Waals surface area contributed by atoms with Gasteiger partial charge >= 0.3 is 0 Å². The van der Waals surface area contributed by atoms with Gasteiger partial charge in [0.2, 0.25) is 0 Å². The second-order valence-electron chi connectivity index (χ2n) is 8.74. The molecule has 0 aliphatic carbocycles. The fraction of sp³-hybridized carbons (Fsp3) is 0.231. The highest BCUT2D eigenvalue weighted by Gasteiger charge is 2.26. The van der Waals surface area contributed by atoms with Gasteiger partial charge in [-0.3, -0.25) is 0 Å². The predicted octanol–water partition coefficient (Wildman–Crippen LogP) is 7.81. The number of hydrogen-bond donors (Lipinski definition) is 0. The molecule has 0 saturated heterocycles. The summed E-state index contributed by atoms with van der Waals surface area (Å²) < 4.78 is 6.69. The van der Waals surface area contributed by atoms with E-state index in [1.807, 2.05) is 0 Å². The fourth-order valence-electron chi connectivity index (χ4n) is 4.86. The van der Waals surface area contributed by atoms with Crippen molar-refractivity contribution in [3.8, 4) is 0 Å². The predicted molar refractivity (Wildman–Crippen MR) is 117 cm³/mol. The molecule has 0 aliphatic heterocycles. The molecule has 4 aromatic carbocycles. The minimum atomic E-state index is 0.0233. The van der Waals surface area contributed by atoms with Crippen LogP contribution in [-0.4, -0.2) is 0 Å². The van der Waals surface area contributed by atoms with Crippen LogP contribution in [0.1, 0.15) is 37.5 Å². The van der Waals surface area contributed by atoms with E-state index < -0.39 is 0 Å². The Morgan fingerprint density at radius 1 is 0.630 bits per heavy atom. The molecule has 1 aromatic heterocycles. The smallest absolute Gasteiger partial charge is 0.143 e. The minimum Gasteiger partial charge on any atom is -0.455 e. The van der Waals surface area contributed by atoms with Crippen molar-refractivity contribution in [1.29, 1.82) is 0 Å². The molecule has 0 radical (unpaired) electrons. The van der Waals surface area contributed by atoms with Gasteiger partial charge in [-0.05, 0) is 46.5 Å². The Morgan fingerprint density at radius 3 is 1.81 bits per heavy atom. The van der Waals surface area contributed by atoms with Crippen LogP contribution in [0.2, 0.25) is 0 Å². The third-order valence-electron chi connectivity index (χ3n) is 5.77. The van der Waals surface area contributed by atoms with Gasteiger partial charge in [0.15, 0.2) is 0 Å². The molecule has 1 heterocycles. The van der Waals surface area contributed by atoms with Crippen molar-refractivity contribution in [2.75, 3.05) is 0 Å². The van der Waals surface area contributed by atoms with Crippen molar-refractivity contribution in [3.05, 3.63) is 71.3 Å². The fourth-order valence-corrected chi connectivity index (χ4v) is 4.86. The first kappa shape index (κ1) is 16.4. The van der Waals surface area contributed by atoms with Crippen molar-refractivity contribution < 1.29 is 4.42 Å². The van der Waals surface area contributed by atoms with Crippen LogP contribution in [-0.2, 0) is 5.41 Å². The van der Waals surface area contributed by atoms with E-state index in [4.69, 9.17) is 4.42 Å². The van der Waals surface area contributed by atoms with Gasteiger partial charge in [0.1, 0.15) is 11.2 Å². The molecular formula is C26H24O. The summed E-state index contributed by atoms with van der Waals surface area (Å²) in [6, 6.07) is 19.6. The van der Waals surface area contributed by atoms with Crippen LogP contribution < -0.4 is 0 Å². The van der Waals surface area contributed by atoms with Crippen LogP contribution in [0.15, 0.2) is 59.0 Å². The average Bonchev–Trinajstić information content (AvgIpc) is 3.01. The quantitative estimate of drug-likeness (QED) is 0.259. The molecule has 134 valence electrons. The van der Waals surface area contributed by atoms with Gasteiger partial charge in [-0.2, -0.15) is 0 Å². The maximum atomic E-state index is 6.69. The average molecular weight is 352 g/mol. The molecule has 0 N–H and O–H groups in total.